The van der Waals surface area contributed by atoms with Gasteiger partial charge in [0.1, 0.15) is 6.04 Å². The number of hydrazine groups is 1. The quantitative estimate of drug-likeness (QED) is 0.355. The average Bonchev–Trinajstić information content (AvgIpc) is 2.79. The summed E-state index contributed by atoms with van der Waals surface area (Å²) in [6.07, 6.45) is 1.45. The van der Waals surface area contributed by atoms with Crippen molar-refractivity contribution < 1.29 is 9.72 Å². The van der Waals surface area contributed by atoms with Crippen LogP contribution in [0, 0.1) is 10.1 Å². The Labute approximate surface area is 102 Å². The monoisotopic (exact) mass is 249 g/mol. The normalized spacial score (nSPS) is 12.3. The first-order valence-electron chi connectivity index (χ1n) is 5.16. The number of nitrogens with one attached hydrogen (secondary N) is 1. The van der Waals surface area contributed by atoms with E-state index in [9.17, 15) is 14.9 Å². The molecule has 1 heterocycles. The van der Waals surface area contributed by atoms with Crippen LogP contribution in [0.25, 0.3) is 11.0 Å². The summed E-state index contributed by atoms with van der Waals surface area (Å²) in [6, 6.07) is 3.74. The van der Waals surface area contributed by atoms with Crippen LogP contribution in [0.3, 0.4) is 0 Å². The number of hydrogen-bond acceptors (Lipinski definition) is 5. The van der Waals surface area contributed by atoms with E-state index in [1.54, 1.807) is 17.6 Å². The van der Waals surface area contributed by atoms with Crippen LogP contribution in [0.1, 0.15) is 13.0 Å². The van der Waals surface area contributed by atoms with Crippen LogP contribution in [0.5, 0.6) is 0 Å². The first kappa shape index (κ1) is 12.0. The second-order valence-corrected chi connectivity index (χ2v) is 3.77. The highest BCUT2D eigenvalue weighted by Gasteiger charge is 2.17. The third-order valence-corrected chi connectivity index (χ3v) is 2.71. The molecule has 0 radical (unpaired) electrons. The molecule has 1 aromatic carbocycles. The highest BCUT2D eigenvalue weighted by Crippen LogP contribution is 2.22. The van der Waals surface area contributed by atoms with Crippen molar-refractivity contribution in [1.82, 2.24) is 15.0 Å². The van der Waals surface area contributed by atoms with Gasteiger partial charge in [-0.15, -0.1) is 0 Å². The van der Waals surface area contributed by atoms with Crippen LogP contribution in [-0.2, 0) is 4.79 Å². The molecular weight excluding hydrogens is 238 g/mol. The van der Waals surface area contributed by atoms with Crippen LogP contribution in [-0.4, -0.2) is 20.4 Å². The molecule has 2 aromatic rings. The molecule has 1 atom stereocenters. The maximum atomic E-state index is 11.4. The third kappa shape index (κ3) is 1.89. The van der Waals surface area contributed by atoms with Gasteiger partial charge >= 0.3 is 0 Å². The lowest BCUT2D eigenvalue weighted by molar-refractivity contribution is -0.384. The van der Waals surface area contributed by atoms with Crippen molar-refractivity contribution in [3.8, 4) is 0 Å². The Morgan fingerprint density at radius 3 is 2.94 bits per heavy atom. The van der Waals surface area contributed by atoms with Gasteiger partial charge in [-0.1, -0.05) is 0 Å². The molecule has 1 aromatic heterocycles. The van der Waals surface area contributed by atoms with Gasteiger partial charge in [0, 0.05) is 12.1 Å². The lowest BCUT2D eigenvalue weighted by Crippen LogP contribution is -2.35. The predicted octanol–water partition coefficient (Wildman–Crippen LogP) is 0.495. The summed E-state index contributed by atoms with van der Waals surface area (Å²) in [7, 11) is 0. The maximum absolute atomic E-state index is 11.4. The molecule has 0 bridgehead atoms. The van der Waals surface area contributed by atoms with Crippen molar-refractivity contribution in [2.24, 2.45) is 5.84 Å². The van der Waals surface area contributed by atoms with E-state index in [0.717, 1.165) is 0 Å². The predicted molar refractivity (Wildman–Crippen MR) is 63.4 cm³/mol. The van der Waals surface area contributed by atoms with Crippen LogP contribution in [0.4, 0.5) is 5.69 Å². The van der Waals surface area contributed by atoms with Crippen molar-refractivity contribution in [3.05, 3.63) is 34.6 Å². The van der Waals surface area contributed by atoms with Gasteiger partial charge in [-0.2, -0.15) is 0 Å². The number of carbonyl (C=O) groups excluding carboxylic acids is 1. The number of non-ortho nitro benzene ring substituents is 1. The van der Waals surface area contributed by atoms with Crippen LogP contribution < -0.4 is 11.3 Å². The molecule has 8 heteroatoms. The third-order valence-electron chi connectivity index (χ3n) is 2.71. The fourth-order valence-corrected chi connectivity index (χ4v) is 1.69. The van der Waals surface area contributed by atoms with E-state index in [2.05, 4.69) is 10.4 Å². The topological polar surface area (TPSA) is 116 Å². The second-order valence-electron chi connectivity index (χ2n) is 3.77. The number of nitrogens with zero attached hydrogens (tertiary/aromatic N) is 3. The zero-order valence-electron chi connectivity index (χ0n) is 9.53. The molecule has 1 amide bonds. The molecule has 94 valence electrons. The molecule has 0 unspecified atom stereocenters. The zero-order chi connectivity index (χ0) is 13.3. The van der Waals surface area contributed by atoms with Gasteiger partial charge in [0.15, 0.2) is 0 Å². The smallest absolute Gasteiger partial charge is 0.271 e. The molecule has 3 N–H and O–H groups in total. The standard InChI is InChI=1S/C10H11N5O3/c1-6(10(16)13-11)14-5-12-8-4-7(15(17)18)2-3-9(8)14/h2-6H,11H2,1H3,(H,13,16)/t6-/m0/s1. The molecule has 0 saturated heterocycles. The van der Waals surface area contributed by atoms with E-state index < -0.39 is 11.0 Å². The minimum absolute atomic E-state index is 0.0383. The first-order chi connectivity index (χ1) is 8.54. The lowest BCUT2D eigenvalue weighted by Gasteiger charge is -2.11. The van der Waals surface area contributed by atoms with Crippen molar-refractivity contribution in [2.75, 3.05) is 0 Å². The summed E-state index contributed by atoms with van der Waals surface area (Å²) in [6.45, 7) is 1.66. The zero-order valence-corrected chi connectivity index (χ0v) is 9.53. The summed E-state index contributed by atoms with van der Waals surface area (Å²) < 4.78 is 1.60. The average molecular weight is 249 g/mol. The second kappa shape index (κ2) is 4.41. The van der Waals surface area contributed by atoms with Gasteiger partial charge < -0.3 is 4.57 Å². The van der Waals surface area contributed by atoms with Gasteiger partial charge in [-0.05, 0) is 13.0 Å². The summed E-state index contributed by atoms with van der Waals surface area (Å²) in [5, 5.41) is 10.6. The van der Waals surface area contributed by atoms with Crippen molar-refractivity contribution in [1.29, 1.82) is 0 Å². The number of imidazole rings is 1. The number of aromatic nitrogens is 2. The van der Waals surface area contributed by atoms with Gasteiger partial charge in [0.2, 0.25) is 0 Å². The van der Waals surface area contributed by atoms with E-state index in [4.69, 9.17) is 5.84 Å². The van der Waals surface area contributed by atoms with Crippen LogP contribution in [0.2, 0.25) is 0 Å². The number of fused-ring (bicyclic) bond motifs is 1. The van der Waals surface area contributed by atoms with Crippen LogP contribution in [0.15, 0.2) is 24.5 Å². The summed E-state index contributed by atoms with van der Waals surface area (Å²) in [5.41, 5.74) is 3.11. The Kier molecular flexibility index (Phi) is 2.94. The Morgan fingerprint density at radius 2 is 2.33 bits per heavy atom. The largest absolute Gasteiger partial charge is 0.318 e. The highest BCUT2D eigenvalue weighted by atomic mass is 16.6. The number of carbonyl (C=O) groups is 1. The number of hydrogen-bond donors (Lipinski definition) is 2. The van der Waals surface area contributed by atoms with Crippen molar-refractivity contribution in [3.63, 3.8) is 0 Å². The molecule has 8 nitrogen and oxygen atoms in total. The molecule has 2 rings (SSSR count). The van der Waals surface area contributed by atoms with Gasteiger partial charge in [-0.25, -0.2) is 10.8 Å². The number of nitro benzene ring substituents is 1. The van der Waals surface area contributed by atoms with Crippen molar-refractivity contribution >= 4 is 22.6 Å². The summed E-state index contributed by atoms with van der Waals surface area (Å²) in [5.74, 6) is 4.70. The minimum atomic E-state index is -0.540. The molecule has 0 spiro atoms. The molecule has 0 aliphatic carbocycles. The lowest BCUT2D eigenvalue weighted by atomic mass is 10.2. The Hall–Kier alpha value is -2.48. The first-order valence-corrected chi connectivity index (χ1v) is 5.16. The van der Waals surface area contributed by atoms with E-state index in [-0.39, 0.29) is 11.6 Å². The number of rotatable bonds is 3. The Balaban J connectivity index is 2.49. The maximum Gasteiger partial charge on any atom is 0.271 e. The van der Waals surface area contributed by atoms with Crippen LogP contribution >= 0.6 is 0 Å². The Morgan fingerprint density at radius 1 is 1.61 bits per heavy atom. The number of nitrogens with two attached hydrogens (primary N) is 1. The van der Waals surface area contributed by atoms with Gasteiger partial charge in [-0.3, -0.25) is 20.3 Å². The molecule has 0 aliphatic heterocycles. The van der Waals surface area contributed by atoms with E-state index >= 15 is 0 Å². The molecular formula is C10H11N5O3. The van der Waals surface area contributed by atoms with Gasteiger partial charge in [0.25, 0.3) is 11.6 Å². The fourth-order valence-electron chi connectivity index (χ4n) is 1.69. The van der Waals surface area contributed by atoms with E-state index in [1.165, 1.54) is 18.5 Å². The molecule has 0 saturated carbocycles. The van der Waals surface area contributed by atoms with E-state index in [0.29, 0.717) is 11.0 Å². The summed E-state index contributed by atoms with van der Waals surface area (Å²) >= 11 is 0. The Bertz CT molecular complexity index is 621. The molecule has 0 aliphatic rings. The SMILES string of the molecule is C[C@@H](C(=O)NN)n1cnc2cc([N+](=O)[O-])ccc21. The fraction of sp³-hybridized carbons (Fsp3) is 0.200. The minimum Gasteiger partial charge on any atom is -0.318 e. The number of benzene rings is 1. The molecule has 18 heavy (non-hydrogen) atoms. The van der Waals surface area contributed by atoms with Crippen molar-refractivity contribution in [2.45, 2.75) is 13.0 Å². The number of amides is 1. The summed E-state index contributed by atoms with van der Waals surface area (Å²) in [4.78, 5) is 25.6. The van der Waals surface area contributed by atoms with E-state index in [1.807, 2.05) is 0 Å². The molecule has 0 fully saturated rings. The van der Waals surface area contributed by atoms with Gasteiger partial charge in [0.05, 0.1) is 22.3 Å². The number of nitro groups is 1. The highest BCUT2D eigenvalue weighted by molar-refractivity contribution is 5.84.